The van der Waals surface area contributed by atoms with Crippen LogP contribution < -0.4 is 0 Å². The number of hydrogen-bond donors (Lipinski definition) is 1. The van der Waals surface area contributed by atoms with Crippen LogP contribution in [0.25, 0.3) is 0 Å². The summed E-state index contributed by atoms with van der Waals surface area (Å²) in [6.07, 6.45) is 5.81. The van der Waals surface area contributed by atoms with Crippen LogP contribution in [0, 0.1) is 13.8 Å². The average Bonchev–Trinajstić information content (AvgIpc) is 2.27. The predicted octanol–water partition coefficient (Wildman–Crippen LogP) is 3.94. The molecule has 1 nitrogen and oxygen atoms in total. The second-order valence-corrected chi connectivity index (χ2v) is 7.67. The molecule has 2 aliphatic heterocycles. The summed E-state index contributed by atoms with van der Waals surface area (Å²) in [5, 5.41) is 12.4. The van der Waals surface area contributed by atoms with E-state index in [-0.39, 0.29) is 0 Å². The Morgan fingerprint density at radius 1 is 1.17 bits per heavy atom. The van der Waals surface area contributed by atoms with E-state index in [1.807, 2.05) is 0 Å². The largest absolute Gasteiger partial charge is 0.385 e. The molecule has 2 saturated heterocycles. The van der Waals surface area contributed by atoms with Gasteiger partial charge < -0.3 is 5.11 Å². The lowest BCUT2D eigenvalue weighted by atomic mass is 9.78. The van der Waals surface area contributed by atoms with E-state index in [0.29, 0.717) is 10.5 Å². The molecule has 1 aromatic rings. The Labute approximate surface area is 114 Å². The Morgan fingerprint density at radius 2 is 1.83 bits per heavy atom. The third-order valence-electron chi connectivity index (χ3n) is 4.45. The highest BCUT2D eigenvalue weighted by Gasteiger charge is 2.42. The highest BCUT2D eigenvalue weighted by atomic mass is 32.2. The number of hydrogen-bond acceptors (Lipinski definition) is 2. The molecule has 0 amide bonds. The molecule has 0 radical (unpaired) electrons. The molecular weight excluding hydrogens is 240 g/mol. The van der Waals surface area contributed by atoms with E-state index in [9.17, 15) is 5.11 Å². The zero-order valence-corrected chi connectivity index (χ0v) is 12.1. The molecule has 98 valence electrons. The van der Waals surface area contributed by atoms with Crippen LogP contribution in [0.15, 0.2) is 18.2 Å². The summed E-state index contributed by atoms with van der Waals surface area (Å²) in [5.74, 6) is 0. The van der Waals surface area contributed by atoms with Gasteiger partial charge in [-0.15, -0.1) is 0 Å². The lowest BCUT2D eigenvalue weighted by Gasteiger charge is -2.44. The maximum atomic E-state index is 11.1. The fourth-order valence-electron chi connectivity index (χ4n) is 3.67. The van der Waals surface area contributed by atoms with Gasteiger partial charge in [0.1, 0.15) is 0 Å². The van der Waals surface area contributed by atoms with Crippen molar-refractivity contribution in [3.05, 3.63) is 34.9 Å². The third kappa shape index (κ3) is 2.21. The van der Waals surface area contributed by atoms with E-state index in [0.717, 1.165) is 12.8 Å². The SMILES string of the molecule is Cc1ccc(C2(O)CC3CCCC(C2)S3)c(C)c1. The Morgan fingerprint density at radius 3 is 2.44 bits per heavy atom. The molecule has 1 N–H and O–H groups in total. The van der Waals surface area contributed by atoms with Crippen molar-refractivity contribution in [2.45, 2.75) is 62.1 Å². The van der Waals surface area contributed by atoms with Gasteiger partial charge in [-0.25, -0.2) is 0 Å². The molecule has 2 heterocycles. The first-order valence-electron chi connectivity index (χ1n) is 7.02. The molecule has 2 bridgehead atoms. The molecule has 3 rings (SSSR count). The normalized spacial score (nSPS) is 35.5. The fourth-order valence-corrected chi connectivity index (χ4v) is 5.57. The number of rotatable bonds is 1. The first kappa shape index (κ1) is 12.6. The summed E-state index contributed by atoms with van der Waals surface area (Å²) >= 11 is 2.12. The van der Waals surface area contributed by atoms with Crippen LogP contribution in [0.5, 0.6) is 0 Å². The molecule has 18 heavy (non-hydrogen) atoms. The van der Waals surface area contributed by atoms with Crippen molar-refractivity contribution in [1.29, 1.82) is 0 Å². The van der Waals surface area contributed by atoms with Crippen LogP contribution >= 0.6 is 11.8 Å². The summed E-state index contributed by atoms with van der Waals surface area (Å²) in [4.78, 5) is 0. The van der Waals surface area contributed by atoms with Crippen LogP contribution in [0.3, 0.4) is 0 Å². The molecule has 0 aromatic heterocycles. The number of aryl methyl sites for hydroxylation is 2. The minimum atomic E-state index is -0.571. The maximum Gasteiger partial charge on any atom is 0.0920 e. The summed E-state index contributed by atoms with van der Waals surface area (Å²) < 4.78 is 0. The van der Waals surface area contributed by atoms with Crippen molar-refractivity contribution in [1.82, 2.24) is 0 Å². The molecule has 1 aromatic carbocycles. The van der Waals surface area contributed by atoms with E-state index in [2.05, 4.69) is 43.8 Å². The van der Waals surface area contributed by atoms with Crippen LogP contribution in [0.1, 0.15) is 48.8 Å². The number of fused-ring (bicyclic) bond motifs is 2. The zero-order chi connectivity index (χ0) is 12.8. The lowest BCUT2D eigenvalue weighted by Crippen LogP contribution is -2.41. The smallest absolute Gasteiger partial charge is 0.0920 e. The number of thioether (sulfide) groups is 1. The van der Waals surface area contributed by atoms with Crippen LogP contribution in [-0.4, -0.2) is 15.6 Å². The summed E-state index contributed by atoms with van der Waals surface area (Å²) in [6, 6.07) is 6.49. The van der Waals surface area contributed by atoms with Gasteiger partial charge in [0, 0.05) is 10.5 Å². The van der Waals surface area contributed by atoms with Crippen molar-refractivity contribution >= 4 is 11.8 Å². The highest BCUT2D eigenvalue weighted by Crippen LogP contribution is 2.49. The quantitative estimate of drug-likeness (QED) is 0.827. The van der Waals surface area contributed by atoms with Gasteiger partial charge >= 0.3 is 0 Å². The van der Waals surface area contributed by atoms with E-state index in [4.69, 9.17) is 0 Å². The monoisotopic (exact) mass is 262 g/mol. The molecule has 0 spiro atoms. The second-order valence-electron chi connectivity index (χ2n) is 6.07. The second kappa shape index (κ2) is 4.57. The van der Waals surface area contributed by atoms with E-state index in [1.165, 1.54) is 36.0 Å². The first-order valence-corrected chi connectivity index (χ1v) is 7.97. The molecule has 2 fully saturated rings. The molecule has 2 atom stereocenters. The first-order chi connectivity index (χ1) is 8.57. The third-order valence-corrected chi connectivity index (χ3v) is 6.03. The van der Waals surface area contributed by atoms with E-state index >= 15 is 0 Å². The van der Waals surface area contributed by atoms with Gasteiger partial charge in [0.15, 0.2) is 0 Å². The topological polar surface area (TPSA) is 20.2 Å². The Bertz CT molecular complexity index is 442. The summed E-state index contributed by atoms with van der Waals surface area (Å²) in [7, 11) is 0. The van der Waals surface area contributed by atoms with Crippen molar-refractivity contribution in [2.75, 3.05) is 0 Å². The average molecular weight is 262 g/mol. The Hall–Kier alpha value is -0.470. The fraction of sp³-hybridized carbons (Fsp3) is 0.625. The van der Waals surface area contributed by atoms with Gasteiger partial charge in [-0.3, -0.25) is 0 Å². The van der Waals surface area contributed by atoms with Gasteiger partial charge in [-0.05, 0) is 50.7 Å². The van der Waals surface area contributed by atoms with Gasteiger partial charge in [0.25, 0.3) is 0 Å². The minimum absolute atomic E-state index is 0.571. The van der Waals surface area contributed by atoms with Crippen LogP contribution in [0.2, 0.25) is 0 Å². The van der Waals surface area contributed by atoms with Crippen molar-refractivity contribution < 1.29 is 5.11 Å². The lowest BCUT2D eigenvalue weighted by molar-refractivity contribution is 0.00756. The van der Waals surface area contributed by atoms with E-state index in [1.54, 1.807) is 0 Å². The standard InChI is InChI=1S/C16H22OS/c1-11-6-7-15(12(2)8-11)16(17)9-13-4-3-5-14(10-16)18-13/h6-8,13-14,17H,3-5,9-10H2,1-2H3. The van der Waals surface area contributed by atoms with Crippen LogP contribution in [-0.2, 0) is 5.60 Å². The molecule has 2 heteroatoms. The van der Waals surface area contributed by atoms with Crippen LogP contribution in [0.4, 0.5) is 0 Å². The maximum absolute atomic E-state index is 11.1. The van der Waals surface area contributed by atoms with Gasteiger partial charge in [0.2, 0.25) is 0 Å². The highest BCUT2D eigenvalue weighted by molar-refractivity contribution is 8.00. The molecule has 2 aliphatic rings. The molecule has 2 unspecified atom stereocenters. The molecular formula is C16H22OS. The van der Waals surface area contributed by atoms with Crippen molar-refractivity contribution in [3.8, 4) is 0 Å². The van der Waals surface area contributed by atoms with Crippen molar-refractivity contribution in [2.24, 2.45) is 0 Å². The molecule has 0 aliphatic carbocycles. The van der Waals surface area contributed by atoms with E-state index < -0.39 is 5.60 Å². The van der Waals surface area contributed by atoms with Gasteiger partial charge in [-0.1, -0.05) is 30.2 Å². The Kier molecular flexibility index (Phi) is 3.19. The number of benzene rings is 1. The summed E-state index contributed by atoms with van der Waals surface area (Å²) in [5.41, 5.74) is 3.14. The van der Waals surface area contributed by atoms with Crippen molar-refractivity contribution in [3.63, 3.8) is 0 Å². The number of aliphatic hydroxyl groups is 1. The zero-order valence-electron chi connectivity index (χ0n) is 11.3. The summed E-state index contributed by atoms with van der Waals surface area (Å²) in [6.45, 7) is 4.25. The molecule has 0 saturated carbocycles. The predicted molar refractivity (Wildman–Crippen MR) is 78.1 cm³/mol. The Balaban J connectivity index is 1.94. The minimum Gasteiger partial charge on any atom is -0.385 e. The van der Waals surface area contributed by atoms with Gasteiger partial charge in [0.05, 0.1) is 5.60 Å². The van der Waals surface area contributed by atoms with Gasteiger partial charge in [-0.2, -0.15) is 11.8 Å².